The topological polar surface area (TPSA) is 342 Å². The molecule has 2 aliphatic carbocycles. The van der Waals surface area contributed by atoms with Crippen molar-refractivity contribution in [3.63, 3.8) is 0 Å². The number of hydrogen-bond acceptors (Lipinski definition) is 24. The van der Waals surface area contributed by atoms with Gasteiger partial charge in [-0.3, -0.25) is 14.4 Å². The Bertz CT molecular complexity index is 3460. The maximum atomic E-state index is 13.6. The van der Waals surface area contributed by atoms with E-state index in [4.69, 9.17) is 36.9 Å². The zero-order chi connectivity index (χ0) is 57.1. The van der Waals surface area contributed by atoms with Crippen LogP contribution < -0.4 is 16.1 Å². The van der Waals surface area contributed by atoms with E-state index in [9.17, 15) is 39.9 Å². The van der Waals surface area contributed by atoms with Gasteiger partial charge in [-0.2, -0.15) is 0 Å². The summed E-state index contributed by atoms with van der Waals surface area (Å²) >= 11 is 0. The lowest BCUT2D eigenvalue weighted by atomic mass is 9.72. The van der Waals surface area contributed by atoms with Gasteiger partial charge in [-0.15, -0.1) is 18.8 Å². The van der Waals surface area contributed by atoms with Crippen molar-refractivity contribution in [2.24, 2.45) is 5.73 Å². The molecule has 79 heavy (non-hydrogen) atoms. The van der Waals surface area contributed by atoms with Gasteiger partial charge in [-0.25, -0.2) is 10.5 Å². The highest BCUT2D eigenvalue weighted by Gasteiger charge is 2.50. The summed E-state index contributed by atoms with van der Waals surface area (Å²) in [6, 6.07) is 3.64. The van der Waals surface area contributed by atoms with Crippen LogP contribution in [0.3, 0.4) is 0 Å². The number of rotatable bonds is 14. The molecule has 0 bridgehead atoms. The largest absolute Gasteiger partial charge is 0.507 e. The molecule has 0 amide bonds. The van der Waals surface area contributed by atoms with Crippen molar-refractivity contribution in [3.05, 3.63) is 51.6 Å². The molecule has 1 saturated heterocycles. The van der Waals surface area contributed by atoms with E-state index in [1.54, 1.807) is 13.8 Å². The van der Waals surface area contributed by atoms with Crippen LogP contribution in [0.5, 0.6) is 17.2 Å². The lowest BCUT2D eigenvalue weighted by Crippen LogP contribution is -2.53. The number of benzene rings is 2. The number of fused-ring (bicyclic) bond motifs is 3. The molecule has 5 rings (SSSR count). The zero-order valence-electron chi connectivity index (χ0n) is 40.8. The first-order valence-corrected chi connectivity index (χ1v) is 21.1. The Labute approximate surface area is 473 Å². The van der Waals surface area contributed by atoms with Crippen molar-refractivity contribution in [1.29, 1.82) is 0 Å². The number of halogens is 1. The van der Waals surface area contributed by atoms with E-state index >= 15 is 0 Å². The molecule has 10 N–H and O–H groups in total. The molecular formula is C54H61ClN2O22. The highest BCUT2D eigenvalue weighted by atomic mass is 35.5. The van der Waals surface area contributed by atoms with Crippen LogP contribution in [0, 0.1) is 154 Å². The molecule has 2 aromatic carbocycles. The monoisotopic (exact) mass is 1120 g/mol. The second-order valence-corrected chi connectivity index (χ2v) is 14.2. The fourth-order valence-corrected chi connectivity index (χ4v) is 6.61. The van der Waals surface area contributed by atoms with Gasteiger partial charge in [0, 0.05) is 106 Å². The van der Waals surface area contributed by atoms with Crippen molar-refractivity contribution >= 4 is 29.8 Å². The van der Waals surface area contributed by atoms with Gasteiger partial charge in [-0.05, 0) is 156 Å². The molecule has 0 spiro atoms. The van der Waals surface area contributed by atoms with Crippen LogP contribution >= 0.6 is 12.4 Å². The van der Waals surface area contributed by atoms with E-state index < -0.39 is 95.7 Å². The third kappa shape index (κ3) is 20.6. The number of ether oxygens (including phenoxy) is 3. The van der Waals surface area contributed by atoms with E-state index in [1.807, 2.05) is 0 Å². The lowest BCUT2D eigenvalue weighted by Gasteiger charge is -2.42. The maximum absolute atomic E-state index is 13.6. The van der Waals surface area contributed by atoms with Crippen LogP contribution in [0.1, 0.15) is 92.9 Å². The van der Waals surface area contributed by atoms with Gasteiger partial charge in [0.25, 0.3) is 0 Å². The number of methoxy groups -OCH3 is 1. The fraction of sp³-hybridized carbons (Fsp3) is 0.241. The molecule has 0 saturated carbocycles. The Hall–Kier alpha value is -9.30. The van der Waals surface area contributed by atoms with Gasteiger partial charge in [0.15, 0.2) is 17.9 Å². The molecule has 1 aliphatic heterocycles. The van der Waals surface area contributed by atoms with Gasteiger partial charge in [0.1, 0.15) is 29.5 Å². The average Bonchev–Trinajstić information content (AvgIpc) is 2.47. The van der Waals surface area contributed by atoms with Crippen molar-refractivity contribution in [1.82, 2.24) is 5.64 Å². The van der Waals surface area contributed by atoms with E-state index in [1.165, 1.54) is 31.0 Å². The summed E-state index contributed by atoms with van der Waals surface area (Å²) in [5.74, 6) is 58.1. The summed E-state index contributed by atoms with van der Waals surface area (Å²) in [7, 11) is 1.32. The van der Waals surface area contributed by atoms with Gasteiger partial charge in [0.2, 0.25) is 5.78 Å². The first-order valence-electron chi connectivity index (χ1n) is 21.1. The van der Waals surface area contributed by atoms with E-state index in [-0.39, 0.29) is 64.0 Å². The number of carbonyl (C=O) groups is 3. The number of aromatic hydroxyl groups is 2. The first kappa shape index (κ1) is 65.8. The summed E-state index contributed by atoms with van der Waals surface area (Å²) in [6.07, 6.45) is -0.209. The summed E-state index contributed by atoms with van der Waals surface area (Å²) < 4.78 is 17.0. The van der Waals surface area contributed by atoms with E-state index in [0.717, 1.165) is 0 Å². The molecular weight excluding hydrogens is 1060 g/mol. The van der Waals surface area contributed by atoms with Crippen LogP contribution in [0.4, 0.5) is 0 Å². The van der Waals surface area contributed by atoms with Gasteiger partial charge < -0.3 is 45.5 Å². The molecule has 0 aromatic heterocycles. The van der Waals surface area contributed by atoms with Crippen molar-refractivity contribution in [2.45, 2.75) is 69.4 Å². The molecule has 1 fully saturated rings. The minimum Gasteiger partial charge on any atom is -0.507 e. The van der Waals surface area contributed by atoms with Gasteiger partial charge in [-0.1, -0.05) is 28.0 Å². The number of nitrogens with two attached hydrogens (primary N) is 1. The highest BCUT2D eigenvalue weighted by Crippen LogP contribution is 2.52. The number of hydrogen-bond donors (Lipinski definition) is 9. The van der Waals surface area contributed by atoms with Gasteiger partial charge >= 0.3 is 0 Å². The Kier molecular flexibility index (Phi) is 30.5. The predicted molar refractivity (Wildman–Crippen MR) is 290 cm³/mol. The number of aliphatic hydroxyl groups is 3. The quantitative estimate of drug-likeness (QED) is 0.0368. The van der Waals surface area contributed by atoms with Crippen LogP contribution in [0.25, 0.3) is 0 Å². The summed E-state index contributed by atoms with van der Waals surface area (Å²) in [5.41, 5.74) is 3.75. The Morgan fingerprint density at radius 1 is 0.759 bits per heavy atom. The molecule has 6 atom stereocenters. The normalized spacial score (nSPS) is 17.6. The Morgan fingerprint density at radius 3 is 1.71 bits per heavy atom. The number of aliphatic hydroxyl groups excluding tert-OH is 2. The molecule has 25 heteroatoms. The van der Waals surface area contributed by atoms with Gasteiger partial charge in [0.05, 0.1) is 42.1 Å². The fourth-order valence-electron chi connectivity index (χ4n) is 6.61. The molecule has 24 nitrogen and oxygen atoms in total. The van der Waals surface area contributed by atoms with Crippen molar-refractivity contribution < 1.29 is 127 Å². The molecule has 2 aromatic rings. The minimum absolute atomic E-state index is 0. The van der Waals surface area contributed by atoms with Crippen LogP contribution in [-0.2, 0) is 65.9 Å². The number of nitrogens with one attached hydrogen (secondary N) is 1. The number of phenolic OH excluding ortho intramolecular Hbond substituents is 2. The Balaban J connectivity index is -0.000000122. The third-order valence-corrected chi connectivity index (χ3v) is 9.66. The lowest BCUT2D eigenvalue weighted by molar-refractivity contribution is -0.781. The SMILES string of the molecule is C#CC#CC#CC#CC#CC#CC#CC#CC#CC#CC#CC#CC#CC.COc1cccc2c1C(=O)c1c(O)c3c(c(O)c1C2=O)C[C@@](O)(C(=O)CO)C[C@@H]3O[C@H]1C[C@H](N)[C@@H](O)[C@H](C)O1.Cl.OOOOONOOOOOO.[HH].[HH].[HH].[HH].[HH].[HH].[HH].[HH].[HH].[HH].[HH].[HH]. The molecule has 0 unspecified atom stereocenters. The summed E-state index contributed by atoms with van der Waals surface area (Å²) in [6.45, 7) is 2.25. The van der Waals surface area contributed by atoms with Crippen molar-refractivity contribution in [2.75, 3.05) is 13.7 Å². The average molecular weight is 1130 g/mol. The second-order valence-electron chi connectivity index (χ2n) is 14.2. The first-order chi connectivity index (χ1) is 37.8. The third-order valence-electron chi connectivity index (χ3n) is 9.66. The number of terminal acetylenes is 1. The number of ketones is 3. The van der Waals surface area contributed by atoms with Crippen LogP contribution in [0.15, 0.2) is 18.2 Å². The molecule has 0 radical (unpaired) electrons. The number of phenols is 2. The smallest absolute Gasteiger partial charge is 0.202 e. The number of carbonyl (C=O) groups excluding carboxylic acids is 3. The molecule has 1 heterocycles. The summed E-state index contributed by atoms with van der Waals surface area (Å²) in [5, 5.41) is 91.1. The predicted octanol–water partition coefficient (Wildman–Crippen LogP) is 2.96. The van der Waals surface area contributed by atoms with Crippen molar-refractivity contribution in [3.8, 4) is 172 Å². The zero-order valence-corrected chi connectivity index (χ0v) is 41.6. The van der Waals surface area contributed by atoms with E-state index in [0.29, 0.717) is 0 Å². The summed E-state index contributed by atoms with van der Waals surface area (Å²) in [4.78, 5) is 47.0. The minimum atomic E-state index is -2.24. The van der Waals surface area contributed by atoms with Crippen LogP contribution in [0.2, 0.25) is 0 Å². The highest BCUT2D eigenvalue weighted by molar-refractivity contribution is 6.31. The number of Topliss-reactive ketones (excluding diaryl/α,β-unsaturated/α-hetero) is 1. The standard InChI is InChI=1S/C27H29NO11.C27H4.ClH.H3NO11.12H2/c1-10-22(31)13(28)6-17(38-10)39-15-8-27(36,16(30)9-29)7-12-19(15)26(35)21-20(24(12)33)23(32)11-4-3-5-14(37-2)18(11)25(21)34;1-3-5-7-9-11-13-15-17-19-21-23-25-27-26-24-22-20-18-16-14-12-10-8-6-4-2;;2-6-10-8-4-1-5-9-12-11-7-3;;;;;;;;;;;;/h3-5,10,13,15,17,22,29,31,33,35-36H,6-9,28H2,1-2H3;1H,2H3;1H;1-3H;12*1H/t10-,13-,15-,17-,22-,27-;;;;;;;;;;;;;;;/m0.............../s1. The van der Waals surface area contributed by atoms with E-state index in [2.05, 4.69) is 193 Å². The second kappa shape index (κ2) is 36.6. The van der Waals surface area contributed by atoms with Crippen LogP contribution in [-0.4, -0.2) is 97.3 Å². The molecule has 3 aliphatic rings. The Morgan fingerprint density at radius 2 is 1.24 bits per heavy atom. The molecule has 426 valence electrons. The maximum Gasteiger partial charge on any atom is 0.202 e.